The van der Waals surface area contributed by atoms with E-state index in [2.05, 4.69) is 22.2 Å². The van der Waals surface area contributed by atoms with E-state index in [0.29, 0.717) is 47.0 Å². The molecule has 2 aromatic carbocycles. The number of pyridine rings is 1. The number of likely N-dealkylation sites (tertiary alicyclic amines) is 1. The highest BCUT2D eigenvalue weighted by Gasteiger charge is 2.34. The molecule has 0 aliphatic carbocycles. The van der Waals surface area contributed by atoms with Gasteiger partial charge >= 0.3 is 6.01 Å². The van der Waals surface area contributed by atoms with Gasteiger partial charge in [-0.1, -0.05) is 35.9 Å². The number of nitrogens with zero attached hydrogens (tertiary/aromatic N) is 5. The molecule has 0 spiro atoms. The SMILES string of the molecule is CN1CCC[C@H]1COc1nc(N2C[C@H]3CC[C@@H](C2)N3)c2cnc(-c3cc(O)cc4ccccc34)c(Cl)c2n1. The number of phenols is 1. The van der Waals surface area contributed by atoms with Crippen molar-refractivity contribution in [2.24, 2.45) is 0 Å². The van der Waals surface area contributed by atoms with Crippen LogP contribution in [0.1, 0.15) is 25.7 Å². The summed E-state index contributed by atoms with van der Waals surface area (Å²) in [5.41, 5.74) is 1.97. The van der Waals surface area contributed by atoms with Crippen molar-refractivity contribution < 1.29 is 9.84 Å². The summed E-state index contributed by atoms with van der Waals surface area (Å²) in [6, 6.07) is 13.0. The van der Waals surface area contributed by atoms with E-state index in [1.54, 1.807) is 12.1 Å². The highest BCUT2D eigenvalue weighted by molar-refractivity contribution is 6.38. The first-order valence-electron chi connectivity index (χ1n) is 13.5. The summed E-state index contributed by atoms with van der Waals surface area (Å²) in [7, 11) is 2.14. The zero-order valence-electron chi connectivity index (χ0n) is 21.4. The molecule has 0 unspecified atom stereocenters. The minimum Gasteiger partial charge on any atom is -0.508 e. The third-order valence-electron chi connectivity index (χ3n) is 8.34. The number of fused-ring (bicyclic) bond motifs is 4. The molecule has 8 nitrogen and oxygen atoms in total. The molecule has 2 bridgehead atoms. The Hall–Kier alpha value is -3.20. The molecule has 0 radical (unpaired) electrons. The number of piperazine rings is 1. The van der Waals surface area contributed by atoms with Crippen LogP contribution in [0.3, 0.4) is 0 Å². The average molecular weight is 531 g/mol. The Labute approximate surface area is 226 Å². The fourth-order valence-corrected chi connectivity index (χ4v) is 6.63. The first kappa shape index (κ1) is 23.9. The zero-order chi connectivity index (χ0) is 25.8. The third kappa shape index (κ3) is 4.21. The quantitative estimate of drug-likeness (QED) is 0.386. The number of hydrogen-bond acceptors (Lipinski definition) is 8. The maximum atomic E-state index is 10.5. The molecule has 3 saturated heterocycles. The number of aromatic hydroxyl groups is 1. The largest absolute Gasteiger partial charge is 0.508 e. The Kier molecular flexibility index (Phi) is 5.98. The van der Waals surface area contributed by atoms with E-state index in [1.165, 1.54) is 19.3 Å². The summed E-state index contributed by atoms with van der Waals surface area (Å²) < 4.78 is 6.23. The summed E-state index contributed by atoms with van der Waals surface area (Å²) in [5, 5.41) is 17.3. The molecule has 7 rings (SSSR count). The summed E-state index contributed by atoms with van der Waals surface area (Å²) in [6.45, 7) is 3.38. The molecule has 9 heteroatoms. The number of aromatic nitrogens is 3. The number of hydrogen-bond donors (Lipinski definition) is 2. The van der Waals surface area contributed by atoms with Gasteiger partial charge in [-0.3, -0.25) is 4.98 Å². The van der Waals surface area contributed by atoms with Gasteiger partial charge in [0.15, 0.2) is 0 Å². The molecule has 4 aromatic rings. The maximum Gasteiger partial charge on any atom is 0.319 e. The van der Waals surface area contributed by atoms with Gasteiger partial charge in [-0.2, -0.15) is 9.97 Å². The number of ether oxygens (including phenoxy) is 1. The number of phenolic OH excluding ortho intramolecular Hbond substituents is 1. The average Bonchev–Trinajstić information content (AvgIpc) is 3.50. The fourth-order valence-electron chi connectivity index (χ4n) is 6.34. The summed E-state index contributed by atoms with van der Waals surface area (Å²) in [4.78, 5) is 19.2. The van der Waals surface area contributed by atoms with E-state index in [-0.39, 0.29) is 5.75 Å². The van der Waals surface area contributed by atoms with Gasteiger partial charge in [-0.05, 0) is 62.2 Å². The van der Waals surface area contributed by atoms with Crippen LogP contribution in [-0.4, -0.2) is 76.4 Å². The van der Waals surface area contributed by atoms with E-state index in [1.807, 2.05) is 30.5 Å². The first-order valence-corrected chi connectivity index (χ1v) is 13.8. The van der Waals surface area contributed by atoms with E-state index in [9.17, 15) is 5.11 Å². The number of benzene rings is 2. The lowest BCUT2D eigenvalue weighted by atomic mass is 10.0. The topological polar surface area (TPSA) is 86.6 Å². The molecule has 3 fully saturated rings. The van der Waals surface area contributed by atoms with Gasteiger partial charge in [0.2, 0.25) is 0 Å². The Morgan fingerprint density at radius 1 is 1.08 bits per heavy atom. The van der Waals surface area contributed by atoms with Crippen molar-refractivity contribution in [1.82, 2.24) is 25.2 Å². The molecule has 3 aliphatic heterocycles. The standard InChI is InChI=1S/C29H31ClN6O2/c1-35-10-4-6-20(35)16-38-29-33-27-24(28(34-29)36-14-18-8-9-19(15-36)32-18)13-31-26(25(27)30)23-12-21(37)11-17-5-2-3-7-22(17)23/h2-3,5,7,11-13,18-20,32,37H,4,6,8-10,14-16H2,1H3/t18-,19+,20-/m0/s1. The molecule has 5 heterocycles. The van der Waals surface area contributed by atoms with Crippen LogP contribution in [0.15, 0.2) is 42.6 Å². The van der Waals surface area contributed by atoms with Crippen molar-refractivity contribution in [2.45, 2.75) is 43.8 Å². The molecule has 196 valence electrons. The predicted octanol–water partition coefficient (Wildman–Crippen LogP) is 4.62. The molecule has 38 heavy (non-hydrogen) atoms. The zero-order valence-corrected chi connectivity index (χ0v) is 22.2. The number of anilines is 1. The monoisotopic (exact) mass is 530 g/mol. The van der Waals surface area contributed by atoms with Crippen LogP contribution >= 0.6 is 11.6 Å². The minimum absolute atomic E-state index is 0.168. The lowest BCUT2D eigenvalue weighted by Crippen LogP contribution is -2.51. The van der Waals surface area contributed by atoms with Crippen molar-refractivity contribution in [1.29, 1.82) is 0 Å². The smallest absolute Gasteiger partial charge is 0.319 e. The van der Waals surface area contributed by atoms with Crippen LogP contribution in [0.5, 0.6) is 11.8 Å². The number of nitrogens with one attached hydrogen (secondary N) is 1. The van der Waals surface area contributed by atoms with E-state index < -0.39 is 0 Å². The highest BCUT2D eigenvalue weighted by atomic mass is 35.5. The van der Waals surface area contributed by atoms with Crippen LogP contribution in [0.25, 0.3) is 32.9 Å². The molecule has 3 atom stereocenters. The van der Waals surface area contributed by atoms with Crippen LogP contribution < -0.4 is 15.0 Å². The second-order valence-electron chi connectivity index (χ2n) is 10.9. The number of rotatable bonds is 5. The van der Waals surface area contributed by atoms with Gasteiger partial charge < -0.3 is 25.0 Å². The van der Waals surface area contributed by atoms with Gasteiger partial charge in [0.25, 0.3) is 0 Å². The number of halogens is 1. The molecular weight excluding hydrogens is 500 g/mol. The second-order valence-corrected chi connectivity index (χ2v) is 11.2. The third-order valence-corrected chi connectivity index (χ3v) is 8.70. The minimum atomic E-state index is 0.168. The Balaban J connectivity index is 1.36. The maximum absolute atomic E-state index is 10.5. The van der Waals surface area contributed by atoms with Crippen LogP contribution in [0.2, 0.25) is 5.02 Å². The van der Waals surface area contributed by atoms with Crippen molar-refractivity contribution in [2.75, 3.05) is 38.2 Å². The molecular formula is C29H31ClN6O2. The van der Waals surface area contributed by atoms with Crippen molar-refractivity contribution in [3.8, 4) is 23.0 Å². The van der Waals surface area contributed by atoms with Crippen LogP contribution in [0.4, 0.5) is 5.82 Å². The molecule has 0 amide bonds. The Morgan fingerprint density at radius 2 is 1.89 bits per heavy atom. The lowest BCUT2D eigenvalue weighted by molar-refractivity contribution is 0.188. The first-order chi connectivity index (χ1) is 18.5. The van der Waals surface area contributed by atoms with Crippen LogP contribution in [0, 0.1) is 0 Å². The van der Waals surface area contributed by atoms with Gasteiger partial charge in [0.05, 0.1) is 16.1 Å². The normalized spacial score (nSPS) is 23.5. The van der Waals surface area contributed by atoms with E-state index >= 15 is 0 Å². The van der Waals surface area contributed by atoms with E-state index in [4.69, 9.17) is 31.3 Å². The molecule has 2 aromatic heterocycles. The van der Waals surface area contributed by atoms with Crippen LogP contribution in [-0.2, 0) is 0 Å². The fraction of sp³-hybridized carbons (Fsp3) is 0.414. The van der Waals surface area contributed by atoms with Crippen molar-refractivity contribution in [3.63, 3.8) is 0 Å². The van der Waals surface area contributed by atoms with Crippen molar-refractivity contribution in [3.05, 3.63) is 47.6 Å². The predicted molar refractivity (Wildman–Crippen MR) is 150 cm³/mol. The molecule has 2 N–H and O–H groups in total. The lowest BCUT2D eigenvalue weighted by Gasteiger charge is -2.34. The Bertz CT molecular complexity index is 1520. The second kappa shape index (κ2) is 9.52. The van der Waals surface area contributed by atoms with Crippen molar-refractivity contribution >= 4 is 39.1 Å². The van der Waals surface area contributed by atoms with Gasteiger partial charge in [-0.15, -0.1) is 0 Å². The summed E-state index contributed by atoms with van der Waals surface area (Å²) in [6.07, 6.45) is 6.46. The molecule has 0 saturated carbocycles. The van der Waals surface area contributed by atoms with Gasteiger partial charge in [-0.25, -0.2) is 0 Å². The van der Waals surface area contributed by atoms with Gasteiger partial charge in [0.1, 0.15) is 23.7 Å². The Morgan fingerprint density at radius 3 is 2.68 bits per heavy atom. The summed E-state index contributed by atoms with van der Waals surface area (Å²) >= 11 is 7.10. The summed E-state index contributed by atoms with van der Waals surface area (Å²) in [5.74, 6) is 0.992. The van der Waals surface area contributed by atoms with E-state index in [0.717, 1.165) is 53.6 Å². The number of likely N-dealkylation sites (N-methyl/N-ethyl adjacent to an activating group) is 1. The van der Waals surface area contributed by atoms with Gasteiger partial charge in [0, 0.05) is 43.0 Å². The highest BCUT2D eigenvalue weighted by Crippen LogP contribution is 2.40. The molecule has 3 aliphatic rings.